The molecular formula is C21H26N2O3S. The molecule has 0 radical (unpaired) electrons. The van der Waals surface area contributed by atoms with Crippen LogP contribution in [0.1, 0.15) is 40.1 Å². The van der Waals surface area contributed by atoms with Crippen LogP contribution < -0.4 is 5.32 Å². The maximum absolute atomic E-state index is 12.2. The zero-order chi connectivity index (χ0) is 18.4. The molecule has 2 aromatic rings. The quantitative estimate of drug-likeness (QED) is 0.828. The molecule has 5 rings (SSSR count). The predicted molar refractivity (Wildman–Crippen MR) is 104 cm³/mol. The molecule has 27 heavy (non-hydrogen) atoms. The van der Waals surface area contributed by atoms with Crippen molar-refractivity contribution < 1.29 is 13.9 Å². The van der Waals surface area contributed by atoms with Crippen molar-refractivity contribution in [2.24, 2.45) is 11.8 Å². The number of fused-ring (bicyclic) bond motifs is 1. The molecule has 144 valence electrons. The summed E-state index contributed by atoms with van der Waals surface area (Å²) < 4.78 is 11.7. The summed E-state index contributed by atoms with van der Waals surface area (Å²) in [4.78, 5) is 17.7. The first kappa shape index (κ1) is 17.5. The number of carbonyl (C=O) groups excluding carboxylic acids is 1. The number of ether oxygens (including phenoxy) is 1. The van der Waals surface area contributed by atoms with E-state index in [-0.39, 0.29) is 11.5 Å². The Bertz CT molecular complexity index is 817. The number of furan rings is 1. The minimum Gasteiger partial charge on any atom is -0.459 e. The lowest BCUT2D eigenvalue weighted by molar-refractivity contribution is 0.00219. The lowest BCUT2D eigenvalue weighted by Gasteiger charge is -2.29. The first-order valence-corrected chi connectivity index (χ1v) is 10.8. The Morgan fingerprint density at radius 2 is 2.26 bits per heavy atom. The highest BCUT2D eigenvalue weighted by molar-refractivity contribution is 7.11. The lowest BCUT2D eigenvalue weighted by Crippen LogP contribution is -2.41. The highest BCUT2D eigenvalue weighted by atomic mass is 32.1. The van der Waals surface area contributed by atoms with E-state index in [1.807, 2.05) is 11.3 Å². The second-order valence-corrected chi connectivity index (χ2v) is 9.36. The predicted octanol–water partition coefficient (Wildman–Crippen LogP) is 3.31. The van der Waals surface area contributed by atoms with E-state index in [9.17, 15) is 4.79 Å². The van der Waals surface area contributed by atoms with Crippen LogP contribution in [0.5, 0.6) is 0 Å². The molecule has 3 fully saturated rings. The normalized spacial score (nSPS) is 32.1. The summed E-state index contributed by atoms with van der Waals surface area (Å²) in [5, 5.41) is 3.07. The van der Waals surface area contributed by atoms with Gasteiger partial charge in [0.25, 0.3) is 5.91 Å². The van der Waals surface area contributed by atoms with Crippen LogP contribution in [0.2, 0.25) is 0 Å². The van der Waals surface area contributed by atoms with Crippen molar-refractivity contribution in [1.82, 2.24) is 10.2 Å². The summed E-state index contributed by atoms with van der Waals surface area (Å²) in [6.45, 7) is 5.99. The van der Waals surface area contributed by atoms with Gasteiger partial charge in [0.15, 0.2) is 5.76 Å². The Balaban J connectivity index is 1.24. The van der Waals surface area contributed by atoms with Crippen molar-refractivity contribution in [2.75, 3.05) is 19.6 Å². The molecule has 5 nitrogen and oxygen atoms in total. The maximum Gasteiger partial charge on any atom is 0.286 e. The summed E-state index contributed by atoms with van der Waals surface area (Å²) >= 11 is 1.93. The fraction of sp³-hybridized carbons (Fsp3) is 0.571. The van der Waals surface area contributed by atoms with E-state index in [0.717, 1.165) is 38.9 Å². The third kappa shape index (κ3) is 3.04. The number of amides is 1. The van der Waals surface area contributed by atoms with Gasteiger partial charge in [-0.05, 0) is 43.5 Å². The van der Waals surface area contributed by atoms with Crippen molar-refractivity contribution >= 4 is 17.2 Å². The van der Waals surface area contributed by atoms with Gasteiger partial charge in [-0.15, -0.1) is 11.3 Å². The fourth-order valence-corrected chi connectivity index (χ4v) is 6.30. The van der Waals surface area contributed by atoms with Crippen molar-refractivity contribution in [1.29, 1.82) is 0 Å². The molecule has 0 saturated carbocycles. The van der Waals surface area contributed by atoms with Gasteiger partial charge in [-0.25, -0.2) is 0 Å². The smallest absolute Gasteiger partial charge is 0.286 e. The van der Waals surface area contributed by atoms with Crippen LogP contribution in [-0.4, -0.2) is 42.1 Å². The standard InChI is InChI=1S/C21H26N2O3S/c1-2-14-5-6-15(27-14)11-23-12-17-16(18-7-8-21(17,13-23)26-18)10-22-20(24)19-4-3-9-25-19/h3-6,9,16-18H,2,7-8,10-13H2,1H3,(H,22,24)/t16-,17+,18+,21+/m0/s1. The van der Waals surface area contributed by atoms with Gasteiger partial charge in [0, 0.05) is 47.8 Å². The monoisotopic (exact) mass is 386 g/mol. The van der Waals surface area contributed by atoms with Crippen LogP contribution in [0.4, 0.5) is 0 Å². The average molecular weight is 387 g/mol. The molecule has 1 amide bonds. The first-order valence-electron chi connectivity index (χ1n) is 9.96. The maximum atomic E-state index is 12.2. The topological polar surface area (TPSA) is 54.7 Å². The SMILES string of the molecule is CCc1ccc(CN2C[C@@H]3[C@H](CNC(=O)c4ccco4)[C@H]4CC[C@]3(C2)O4)s1. The summed E-state index contributed by atoms with van der Waals surface area (Å²) in [7, 11) is 0. The van der Waals surface area contributed by atoms with Crippen molar-refractivity contribution in [2.45, 2.75) is 44.4 Å². The van der Waals surface area contributed by atoms with Gasteiger partial charge in [0.1, 0.15) is 0 Å². The molecule has 4 atom stereocenters. The number of nitrogens with zero attached hydrogens (tertiary/aromatic N) is 1. The molecule has 2 aromatic heterocycles. The van der Waals surface area contributed by atoms with Gasteiger partial charge in [-0.3, -0.25) is 9.69 Å². The number of nitrogens with one attached hydrogen (secondary N) is 1. The van der Waals surface area contributed by atoms with Crippen LogP contribution in [-0.2, 0) is 17.7 Å². The number of rotatable bonds is 6. The van der Waals surface area contributed by atoms with E-state index < -0.39 is 0 Å². The molecule has 2 bridgehead atoms. The van der Waals surface area contributed by atoms with E-state index in [4.69, 9.17) is 9.15 Å². The summed E-state index contributed by atoms with van der Waals surface area (Å²) in [6, 6.07) is 7.98. The average Bonchev–Trinajstić information content (AvgIpc) is 3.45. The van der Waals surface area contributed by atoms with Gasteiger partial charge >= 0.3 is 0 Å². The Morgan fingerprint density at radius 3 is 3.04 bits per heavy atom. The number of hydrogen-bond donors (Lipinski definition) is 1. The molecule has 0 unspecified atom stereocenters. The molecule has 3 saturated heterocycles. The summed E-state index contributed by atoms with van der Waals surface area (Å²) in [5.41, 5.74) is 0.00951. The molecule has 3 aliphatic rings. The van der Waals surface area contributed by atoms with Crippen molar-refractivity contribution in [3.05, 3.63) is 46.0 Å². The molecule has 0 aromatic carbocycles. The molecule has 0 aliphatic carbocycles. The minimum absolute atomic E-state index is 0.00951. The second-order valence-electron chi connectivity index (χ2n) is 8.11. The molecule has 1 spiro atoms. The summed E-state index contributed by atoms with van der Waals surface area (Å²) in [6.07, 6.45) is 5.21. The van der Waals surface area contributed by atoms with Crippen molar-refractivity contribution in [3.63, 3.8) is 0 Å². The zero-order valence-corrected chi connectivity index (χ0v) is 16.5. The zero-order valence-electron chi connectivity index (χ0n) is 15.6. The van der Waals surface area contributed by atoms with Crippen LogP contribution in [0.25, 0.3) is 0 Å². The Kier molecular flexibility index (Phi) is 4.37. The first-order chi connectivity index (χ1) is 13.2. The van der Waals surface area contributed by atoms with Gasteiger partial charge in [0.2, 0.25) is 0 Å². The number of hydrogen-bond acceptors (Lipinski definition) is 5. The van der Waals surface area contributed by atoms with Gasteiger partial charge in [-0.2, -0.15) is 0 Å². The fourth-order valence-electron chi connectivity index (χ4n) is 5.30. The summed E-state index contributed by atoms with van der Waals surface area (Å²) in [5.74, 6) is 1.17. The van der Waals surface area contributed by atoms with E-state index >= 15 is 0 Å². The highest BCUT2D eigenvalue weighted by Crippen LogP contribution is 2.54. The second kappa shape index (κ2) is 6.76. The van der Waals surface area contributed by atoms with Crippen LogP contribution in [0, 0.1) is 11.8 Å². The van der Waals surface area contributed by atoms with E-state index in [1.165, 1.54) is 16.0 Å². The largest absolute Gasteiger partial charge is 0.459 e. The number of aryl methyl sites for hydroxylation is 1. The molecular weight excluding hydrogens is 360 g/mol. The Labute approximate surface area is 163 Å². The third-order valence-corrected chi connectivity index (χ3v) is 7.76. The van der Waals surface area contributed by atoms with E-state index in [2.05, 4.69) is 29.3 Å². The van der Waals surface area contributed by atoms with Gasteiger partial charge < -0.3 is 14.5 Å². The van der Waals surface area contributed by atoms with Gasteiger partial charge in [0.05, 0.1) is 18.0 Å². The number of likely N-dealkylation sites (tertiary alicyclic amines) is 1. The Morgan fingerprint density at radius 1 is 1.37 bits per heavy atom. The third-order valence-electron chi connectivity index (χ3n) is 6.54. The number of thiophene rings is 1. The minimum atomic E-state index is -0.127. The number of carbonyl (C=O) groups is 1. The van der Waals surface area contributed by atoms with E-state index in [1.54, 1.807) is 12.1 Å². The molecule has 1 N–H and O–H groups in total. The van der Waals surface area contributed by atoms with Crippen LogP contribution in [0.15, 0.2) is 34.9 Å². The lowest BCUT2D eigenvalue weighted by atomic mass is 9.73. The highest BCUT2D eigenvalue weighted by Gasteiger charge is 2.62. The van der Waals surface area contributed by atoms with Crippen LogP contribution in [0.3, 0.4) is 0 Å². The van der Waals surface area contributed by atoms with Crippen LogP contribution >= 0.6 is 11.3 Å². The molecule has 3 aliphatic heterocycles. The van der Waals surface area contributed by atoms with E-state index in [0.29, 0.717) is 30.2 Å². The van der Waals surface area contributed by atoms with Gasteiger partial charge in [-0.1, -0.05) is 6.92 Å². The Hall–Kier alpha value is -1.63. The van der Waals surface area contributed by atoms with Crippen molar-refractivity contribution in [3.8, 4) is 0 Å². The molecule has 5 heterocycles. The molecule has 6 heteroatoms.